The maximum absolute atomic E-state index is 6.87. The Morgan fingerprint density at radius 2 is 1.59 bits per heavy atom. The normalized spacial score (nSPS) is 16.1. The predicted molar refractivity (Wildman–Crippen MR) is 119 cm³/mol. The van der Waals surface area contributed by atoms with Gasteiger partial charge in [0.15, 0.2) is 0 Å². The van der Waals surface area contributed by atoms with Crippen molar-refractivity contribution in [1.29, 1.82) is 0 Å². The van der Waals surface area contributed by atoms with Gasteiger partial charge in [-0.1, -0.05) is 60.7 Å². The fourth-order valence-electron chi connectivity index (χ4n) is 4.70. The molecule has 2 heterocycles. The maximum atomic E-state index is 6.87. The highest BCUT2D eigenvalue weighted by molar-refractivity contribution is 5.77. The van der Waals surface area contributed by atoms with Crippen molar-refractivity contribution in [3.05, 3.63) is 95.9 Å². The summed E-state index contributed by atoms with van der Waals surface area (Å²) in [6.45, 7) is 2.22. The third-order valence-electron chi connectivity index (χ3n) is 6.54. The summed E-state index contributed by atoms with van der Waals surface area (Å²) >= 11 is 0. The molecule has 3 nitrogen and oxygen atoms in total. The van der Waals surface area contributed by atoms with Gasteiger partial charge in [0, 0.05) is 23.7 Å². The van der Waals surface area contributed by atoms with Gasteiger partial charge in [-0.2, -0.15) is 0 Å². The summed E-state index contributed by atoms with van der Waals surface area (Å²) in [7, 11) is 0. The molecule has 0 saturated heterocycles. The van der Waals surface area contributed by atoms with Crippen molar-refractivity contribution in [2.75, 3.05) is 0 Å². The quantitative estimate of drug-likeness (QED) is 0.525. The Balaban J connectivity index is 1.40. The first-order valence-corrected chi connectivity index (χ1v) is 10.5. The molecule has 1 atom stereocenters. The molecule has 2 N–H and O–H groups in total. The van der Waals surface area contributed by atoms with Gasteiger partial charge in [0.1, 0.15) is 5.82 Å². The number of rotatable bonds is 5. The van der Waals surface area contributed by atoms with Crippen LogP contribution in [-0.4, -0.2) is 14.9 Å². The largest absolute Gasteiger partial charge is 0.325 e. The number of hydrogen-bond acceptors (Lipinski definition) is 2. The average Bonchev–Trinajstić information content (AvgIpc) is 3.35. The van der Waals surface area contributed by atoms with E-state index in [-0.39, 0.29) is 5.54 Å². The SMILES string of the molecule is CC(N)(CCc1nc(-c2ccccc2)c2ccccn12)C1Cc2ccccc2C1. The summed E-state index contributed by atoms with van der Waals surface area (Å²) in [5.41, 5.74) is 12.9. The van der Waals surface area contributed by atoms with Crippen molar-refractivity contribution in [2.45, 2.75) is 38.1 Å². The van der Waals surface area contributed by atoms with E-state index >= 15 is 0 Å². The van der Waals surface area contributed by atoms with Crippen LogP contribution in [0.1, 0.15) is 30.3 Å². The Bertz CT molecular complexity index is 1120. The van der Waals surface area contributed by atoms with Crippen LogP contribution in [-0.2, 0) is 19.3 Å². The number of hydrogen-bond donors (Lipinski definition) is 1. The molecule has 0 fully saturated rings. The van der Waals surface area contributed by atoms with Crippen LogP contribution < -0.4 is 5.73 Å². The molecule has 0 amide bonds. The lowest BCUT2D eigenvalue weighted by atomic mass is 9.80. The minimum Gasteiger partial charge on any atom is -0.325 e. The molecule has 0 aliphatic heterocycles. The van der Waals surface area contributed by atoms with Crippen molar-refractivity contribution < 1.29 is 0 Å². The molecule has 5 rings (SSSR count). The number of aryl methyl sites for hydroxylation is 1. The van der Waals surface area contributed by atoms with Crippen LogP contribution in [0.15, 0.2) is 79.0 Å². The molecule has 1 aliphatic rings. The molecule has 0 spiro atoms. The molecule has 29 heavy (non-hydrogen) atoms. The van der Waals surface area contributed by atoms with E-state index in [0.29, 0.717) is 5.92 Å². The van der Waals surface area contributed by atoms with Crippen molar-refractivity contribution >= 4 is 5.52 Å². The zero-order chi connectivity index (χ0) is 19.8. The highest BCUT2D eigenvalue weighted by Gasteiger charge is 2.35. The molecule has 0 bridgehead atoms. The summed E-state index contributed by atoms with van der Waals surface area (Å²) in [6, 6.07) is 25.5. The van der Waals surface area contributed by atoms with Gasteiger partial charge in [0.25, 0.3) is 0 Å². The standard InChI is InChI=1S/C26H27N3/c1-26(27,22-17-20-11-5-6-12-21(20)18-22)15-14-24-28-25(19-9-3-2-4-10-19)23-13-7-8-16-29(23)24/h2-13,16,22H,14-15,17-18,27H2,1H3. The topological polar surface area (TPSA) is 43.3 Å². The van der Waals surface area contributed by atoms with Crippen molar-refractivity contribution in [3.8, 4) is 11.3 Å². The lowest BCUT2D eigenvalue weighted by Crippen LogP contribution is -2.45. The van der Waals surface area contributed by atoms with Gasteiger partial charge in [-0.3, -0.25) is 0 Å². The fraction of sp³-hybridized carbons (Fsp3) is 0.269. The van der Waals surface area contributed by atoms with Gasteiger partial charge in [0.2, 0.25) is 0 Å². The van der Waals surface area contributed by atoms with Gasteiger partial charge in [-0.25, -0.2) is 4.98 Å². The molecular weight excluding hydrogens is 354 g/mol. The summed E-state index contributed by atoms with van der Waals surface area (Å²) in [4.78, 5) is 5.04. The molecule has 0 saturated carbocycles. The zero-order valence-corrected chi connectivity index (χ0v) is 16.9. The molecular formula is C26H27N3. The van der Waals surface area contributed by atoms with Crippen LogP contribution in [0, 0.1) is 5.92 Å². The summed E-state index contributed by atoms with van der Waals surface area (Å²) in [5, 5.41) is 0. The van der Waals surface area contributed by atoms with E-state index in [2.05, 4.69) is 84.3 Å². The van der Waals surface area contributed by atoms with Crippen LogP contribution >= 0.6 is 0 Å². The Labute approximate surface area is 172 Å². The van der Waals surface area contributed by atoms with E-state index in [0.717, 1.165) is 48.3 Å². The number of pyridine rings is 1. The van der Waals surface area contributed by atoms with Gasteiger partial charge in [0.05, 0.1) is 11.2 Å². The Kier molecular flexibility index (Phi) is 4.48. The van der Waals surface area contributed by atoms with Crippen molar-refractivity contribution in [2.24, 2.45) is 11.7 Å². The first-order chi connectivity index (χ1) is 14.1. The number of aromatic nitrogens is 2. The van der Waals surface area contributed by atoms with Crippen LogP contribution in [0.2, 0.25) is 0 Å². The first-order valence-electron chi connectivity index (χ1n) is 10.5. The van der Waals surface area contributed by atoms with Gasteiger partial charge in [-0.15, -0.1) is 0 Å². The van der Waals surface area contributed by atoms with Gasteiger partial charge >= 0.3 is 0 Å². The van der Waals surface area contributed by atoms with Crippen molar-refractivity contribution in [3.63, 3.8) is 0 Å². The lowest BCUT2D eigenvalue weighted by molar-refractivity contribution is 0.284. The Morgan fingerprint density at radius 1 is 0.931 bits per heavy atom. The predicted octanol–water partition coefficient (Wildman–Crippen LogP) is 5.07. The second-order valence-corrected chi connectivity index (χ2v) is 8.58. The van der Waals surface area contributed by atoms with Gasteiger partial charge < -0.3 is 10.1 Å². The van der Waals surface area contributed by atoms with Crippen LogP contribution in [0.25, 0.3) is 16.8 Å². The minimum atomic E-state index is -0.216. The van der Waals surface area contributed by atoms with Gasteiger partial charge in [-0.05, 0) is 55.4 Å². The number of imidazole rings is 1. The fourth-order valence-corrected chi connectivity index (χ4v) is 4.70. The smallest absolute Gasteiger partial charge is 0.114 e. The van der Waals surface area contributed by atoms with Crippen LogP contribution in [0.4, 0.5) is 0 Å². The summed E-state index contributed by atoms with van der Waals surface area (Å²) in [5.74, 6) is 1.58. The number of fused-ring (bicyclic) bond motifs is 2. The molecule has 1 unspecified atom stereocenters. The maximum Gasteiger partial charge on any atom is 0.114 e. The highest BCUT2D eigenvalue weighted by atomic mass is 15.0. The highest BCUT2D eigenvalue weighted by Crippen LogP contribution is 2.35. The van der Waals surface area contributed by atoms with E-state index < -0.39 is 0 Å². The molecule has 3 heteroatoms. The molecule has 1 aliphatic carbocycles. The monoisotopic (exact) mass is 381 g/mol. The number of benzene rings is 2. The summed E-state index contributed by atoms with van der Waals surface area (Å²) < 4.78 is 2.22. The Hall–Kier alpha value is -2.91. The van der Waals surface area contributed by atoms with E-state index in [4.69, 9.17) is 10.7 Å². The molecule has 4 aromatic rings. The van der Waals surface area contributed by atoms with Crippen LogP contribution in [0.5, 0.6) is 0 Å². The molecule has 146 valence electrons. The van der Waals surface area contributed by atoms with E-state index in [1.165, 1.54) is 11.1 Å². The third kappa shape index (κ3) is 3.36. The van der Waals surface area contributed by atoms with Crippen molar-refractivity contribution in [1.82, 2.24) is 9.38 Å². The van der Waals surface area contributed by atoms with Crippen LogP contribution in [0.3, 0.4) is 0 Å². The van der Waals surface area contributed by atoms with E-state index in [1.54, 1.807) is 0 Å². The Morgan fingerprint density at radius 3 is 2.31 bits per heavy atom. The second-order valence-electron chi connectivity index (χ2n) is 8.58. The minimum absolute atomic E-state index is 0.216. The number of nitrogens with zero attached hydrogens (tertiary/aromatic N) is 2. The molecule has 2 aromatic carbocycles. The molecule has 2 aromatic heterocycles. The second kappa shape index (κ2) is 7.16. The average molecular weight is 382 g/mol. The number of nitrogens with two attached hydrogens (primary N) is 1. The van der Waals surface area contributed by atoms with E-state index in [9.17, 15) is 0 Å². The summed E-state index contributed by atoms with van der Waals surface area (Å²) in [6.07, 6.45) is 6.08. The van der Waals surface area contributed by atoms with E-state index in [1.807, 2.05) is 6.07 Å². The third-order valence-corrected chi connectivity index (χ3v) is 6.54. The first kappa shape index (κ1) is 18.1. The zero-order valence-electron chi connectivity index (χ0n) is 16.9. The molecule has 0 radical (unpaired) electrons. The lowest BCUT2D eigenvalue weighted by Gasteiger charge is -2.31.